The zero-order chi connectivity index (χ0) is 8.69. The molecule has 11 heavy (non-hydrogen) atoms. The van der Waals surface area contributed by atoms with Crippen LogP contribution in [-0.4, -0.2) is 49.1 Å². The van der Waals surface area contributed by atoms with Crippen molar-refractivity contribution in [2.75, 3.05) is 26.9 Å². The number of aliphatic hydroxyl groups is 1. The molecule has 5 nitrogen and oxygen atoms in total. The summed E-state index contributed by atoms with van der Waals surface area (Å²) in [6.45, 7) is 0.161. The van der Waals surface area contributed by atoms with E-state index in [-0.39, 0.29) is 19.8 Å². The molecule has 0 aliphatic carbocycles. The smallest absolute Gasteiger partial charge is 0.323 e. The molecular formula is C6H13NO4. The van der Waals surface area contributed by atoms with E-state index < -0.39 is 12.0 Å². The molecular weight excluding hydrogens is 150 g/mol. The zero-order valence-electron chi connectivity index (χ0n) is 6.41. The summed E-state index contributed by atoms with van der Waals surface area (Å²) >= 11 is 0. The Bertz CT molecular complexity index is 117. The molecule has 0 saturated carbocycles. The molecule has 0 aliphatic heterocycles. The number of likely N-dealkylation sites (N-methyl/N-ethyl adjacent to an activating group) is 1. The third-order valence-electron chi connectivity index (χ3n) is 1.17. The number of carbonyl (C=O) groups is 1. The molecule has 0 amide bonds. The molecule has 0 spiro atoms. The van der Waals surface area contributed by atoms with Gasteiger partial charge in [-0.1, -0.05) is 0 Å². The fourth-order valence-electron chi connectivity index (χ4n) is 0.544. The first-order valence-corrected chi connectivity index (χ1v) is 3.31. The highest BCUT2D eigenvalue weighted by Crippen LogP contribution is 1.84. The van der Waals surface area contributed by atoms with Gasteiger partial charge in [-0.15, -0.1) is 0 Å². The molecule has 1 atom stereocenters. The van der Waals surface area contributed by atoms with Gasteiger partial charge in [0.25, 0.3) is 0 Å². The van der Waals surface area contributed by atoms with E-state index >= 15 is 0 Å². The van der Waals surface area contributed by atoms with Crippen molar-refractivity contribution in [3.63, 3.8) is 0 Å². The van der Waals surface area contributed by atoms with Crippen LogP contribution in [0.15, 0.2) is 0 Å². The van der Waals surface area contributed by atoms with Crippen LogP contribution in [0.4, 0.5) is 0 Å². The molecule has 3 N–H and O–H groups in total. The SMILES string of the molecule is CN[C@@H](COCCO)C(=O)O. The van der Waals surface area contributed by atoms with Crippen molar-refractivity contribution in [1.29, 1.82) is 0 Å². The topological polar surface area (TPSA) is 78.8 Å². The lowest BCUT2D eigenvalue weighted by Gasteiger charge is -2.10. The van der Waals surface area contributed by atoms with Crippen molar-refractivity contribution in [2.24, 2.45) is 0 Å². The molecule has 66 valence electrons. The Balaban J connectivity index is 3.44. The third-order valence-corrected chi connectivity index (χ3v) is 1.17. The van der Waals surface area contributed by atoms with E-state index in [1.54, 1.807) is 7.05 Å². The number of hydrogen-bond acceptors (Lipinski definition) is 4. The normalized spacial score (nSPS) is 12.9. The highest BCUT2D eigenvalue weighted by atomic mass is 16.5. The van der Waals surface area contributed by atoms with Crippen molar-refractivity contribution in [2.45, 2.75) is 6.04 Å². The fourth-order valence-corrected chi connectivity index (χ4v) is 0.544. The average Bonchev–Trinajstić information content (AvgIpc) is 1.97. The van der Waals surface area contributed by atoms with Crippen molar-refractivity contribution in [3.8, 4) is 0 Å². The predicted octanol–water partition coefficient (Wildman–Crippen LogP) is -1.33. The summed E-state index contributed by atoms with van der Waals surface area (Å²) in [7, 11) is 1.54. The zero-order valence-corrected chi connectivity index (χ0v) is 6.41. The van der Waals surface area contributed by atoms with E-state index in [1.165, 1.54) is 0 Å². The monoisotopic (exact) mass is 163 g/mol. The Hall–Kier alpha value is -0.650. The molecule has 0 unspecified atom stereocenters. The van der Waals surface area contributed by atoms with Gasteiger partial charge < -0.3 is 20.3 Å². The first-order chi connectivity index (χ1) is 5.22. The molecule has 0 aromatic heterocycles. The molecule has 0 aromatic carbocycles. The Morgan fingerprint density at radius 2 is 2.36 bits per heavy atom. The number of hydrogen-bond donors (Lipinski definition) is 3. The summed E-state index contributed by atoms with van der Waals surface area (Å²) in [5.74, 6) is -0.953. The molecule has 0 heterocycles. The molecule has 5 heteroatoms. The van der Waals surface area contributed by atoms with Crippen molar-refractivity contribution < 1.29 is 19.7 Å². The van der Waals surface area contributed by atoms with Crippen LogP contribution in [0.2, 0.25) is 0 Å². The number of ether oxygens (including phenoxy) is 1. The number of nitrogens with one attached hydrogen (secondary N) is 1. The summed E-state index contributed by atoms with van der Waals surface area (Å²) in [5, 5.41) is 19.3. The highest BCUT2D eigenvalue weighted by molar-refractivity contribution is 5.73. The summed E-state index contributed by atoms with van der Waals surface area (Å²) in [6.07, 6.45) is 0. The Labute approximate surface area is 65.0 Å². The second kappa shape index (κ2) is 6.09. The van der Waals surface area contributed by atoms with E-state index in [4.69, 9.17) is 14.9 Å². The first kappa shape index (κ1) is 10.3. The van der Waals surface area contributed by atoms with Gasteiger partial charge in [0.2, 0.25) is 0 Å². The summed E-state index contributed by atoms with van der Waals surface area (Å²) in [5.41, 5.74) is 0. The van der Waals surface area contributed by atoms with E-state index in [0.29, 0.717) is 0 Å². The first-order valence-electron chi connectivity index (χ1n) is 3.31. The summed E-state index contributed by atoms with van der Waals surface area (Å²) in [4.78, 5) is 10.3. The third kappa shape index (κ3) is 4.72. The lowest BCUT2D eigenvalue weighted by molar-refractivity contribution is -0.141. The quantitative estimate of drug-likeness (QED) is 0.423. The Morgan fingerprint density at radius 3 is 2.73 bits per heavy atom. The van der Waals surface area contributed by atoms with Gasteiger partial charge >= 0.3 is 5.97 Å². The number of aliphatic hydroxyl groups excluding tert-OH is 1. The molecule has 0 rings (SSSR count). The maximum atomic E-state index is 10.3. The molecule has 0 saturated heterocycles. The molecule has 0 fully saturated rings. The Morgan fingerprint density at radius 1 is 1.73 bits per heavy atom. The molecule has 0 radical (unpaired) electrons. The van der Waals surface area contributed by atoms with E-state index in [0.717, 1.165) is 0 Å². The van der Waals surface area contributed by atoms with Crippen LogP contribution < -0.4 is 5.32 Å². The lowest BCUT2D eigenvalue weighted by atomic mass is 10.3. The van der Waals surface area contributed by atoms with Crippen LogP contribution in [0.3, 0.4) is 0 Å². The van der Waals surface area contributed by atoms with Crippen LogP contribution in [0.25, 0.3) is 0 Å². The maximum Gasteiger partial charge on any atom is 0.323 e. The lowest BCUT2D eigenvalue weighted by Crippen LogP contribution is -2.38. The van der Waals surface area contributed by atoms with E-state index in [2.05, 4.69) is 5.32 Å². The highest BCUT2D eigenvalue weighted by Gasteiger charge is 2.13. The van der Waals surface area contributed by atoms with Gasteiger partial charge in [-0.05, 0) is 7.05 Å². The number of carboxylic acids is 1. The van der Waals surface area contributed by atoms with Crippen LogP contribution in [0, 0.1) is 0 Å². The number of rotatable bonds is 6. The van der Waals surface area contributed by atoms with E-state index in [1.807, 2.05) is 0 Å². The van der Waals surface area contributed by atoms with Crippen molar-refractivity contribution in [3.05, 3.63) is 0 Å². The summed E-state index contributed by atoms with van der Waals surface area (Å²) in [6, 6.07) is -0.693. The number of carboxylic acid groups (broad SMARTS) is 1. The second-order valence-electron chi connectivity index (χ2n) is 1.98. The fraction of sp³-hybridized carbons (Fsp3) is 0.833. The van der Waals surface area contributed by atoms with Crippen LogP contribution in [-0.2, 0) is 9.53 Å². The van der Waals surface area contributed by atoms with Gasteiger partial charge in [0.05, 0.1) is 19.8 Å². The van der Waals surface area contributed by atoms with Crippen molar-refractivity contribution >= 4 is 5.97 Å². The standard InChI is InChI=1S/C6H13NO4/c1-7-5(6(9)10)4-11-3-2-8/h5,7-8H,2-4H2,1H3,(H,9,10)/t5-/m0/s1. The molecule has 0 bridgehead atoms. The van der Waals surface area contributed by atoms with Crippen LogP contribution in [0.1, 0.15) is 0 Å². The molecule has 0 aliphatic rings. The van der Waals surface area contributed by atoms with Crippen LogP contribution in [0.5, 0.6) is 0 Å². The Kier molecular flexibility index (Phi) is 5.73. The number of aliphatic carboxylic acids is 1. The minimum atomic E-state index is -0.953. The average molecular weight is 163 g/mol. The van der Waals surface area contributed by atoms with Crippen molar-refractivity contribution in [1.82, 2.24) is 5.32 Å². The molecule has 0 aromatic rings. The van der Waals surface area contributed by atoms with Crippen LogP contribution >= 0.6 is 0 Å². The van der Waals surface area contributed by atoms with Gasteiger partial charge in [-0.2, -0.15) is 0 Å². The van der Waals surface area contributed by atoms with Gasteiger partial charge in [0.1, 0.15) is 6.04 Å². The van der Waals surface area contributed by atoms with Gasteiger partial charge in [0, 0.05) is 0 Å². The minimum Gasteiger partial charge on any atom is -0.480 e. The maximum absolute atomic E-state index is 10.3. The van der Waals surface area contributed by atoms with Gasteiger partial charge in [0.15, 0.2) is 0 Å². The second-order valence-corrected chi connectivity index (χ2v) is 1.98. The van der Waals surface area contributed by atoms with E-state index in [9.17, 15) is 4.79 Å². The van der Waals surface area contributed by atoms with Gasteiger partial charge in [-0.25, -0.2) is 0 Å². The predicted molar refractivity (Wildman–Crippen MR) is 38.4 cm³/mol. The largest absolute Gasteiger partial charge is 0.480 e. The minimum absolute atomic E-state index is 0.0758. The summed E-state index contributed by atoms with van der Waals surface area (Å²) < 4.78 is 4.80. The van der Waals surface area contributed by atoms with Gasteiger partial charge in [-0.3, -0.25) is 4.79 Å².